The van der Waals surface area contributed by atoms with E-state index >= 15 is 0 Å². The van der Waals surface area contributed by atoms with E-state index in [-0.39, 0.29) is 22.4 Å². The Labute approximate surface area is 198 Å². The number of carbonyl (C=O) groups is 1. The minimum absolute atomic E-state index is 0.0693. The van der Waals surface area contributed by atoms with Gasteiger partial charge in [-0.25, -0.2) is 9.97 Å². The summed E-state index contributed by atoms with van der Waals surface area (Å²) in [7, 11) is 0. The molecule has 0 bridgehead atoms. The number of nitro groups is 1. The normalized spacial score (nSPS) is 10.3. The number of nitrogens with zero attached hydrogens (tertiary/aromatic N) is 3. The van der Waals surface area contributed by atoms with Crippen LogP contribution in [0.1, 0.15) is 6.92 Å². The first-order valence-corrected chi connectivity index (χ1v) is 10.2. The third-order valence-electron chi connectivity index (χ3n) is 4.01. The van der Waals surface area contributed by atoms with Gasteiger partial charge in [-0.05, 0) is 49.4 Å². The molecule has 3 N–H and O–H groups in total. The summed E-state index contributed by atoms with van der Waals surface area (Å²) in [6.07, 6.45) is 1.11. The molecule has 0 aliphatic rings. The van der Waals surface area contributed by atoms with Crippen molar-refractivity contribution in [3.8, 4) is 11.5 Å². The molecule has 0 unspecified atom stereocenters. The zero-order valence-electron chi connectivity index (χ0n) is 17.2. The molecule has 3 aromatic rings. The van der Waals surface area contributed by atoms with Gasteiger partial charge in [0, 0.05) is 10.7 Å². The summed E-state index contributed by atoms with van der Waals surface area (Å²) in [6.45, 7) is 1.97. The Hall–Kier alpha value is -3.83. The molecule has 0 radical (unpaired) electrons. The largest absolute Gasteiger partial charge is 0.494 e. The summed E-state index contributed by atoms with van der Waals surface area (Å²) in [4.78, 5) is 30.9. The highest BCUT2D eigenvalue weighted by Gasteiger charge is 2.23. The average molecular weight is 493 g/mol. The Morgan fingerprint density at radius 3 is 2.48 bits per heavy atom. The molecule has 1 amide bonds. The van der Waals surface area contributed by atoms with Gasteiger partial charge >= 0.3 is 5.69 Å². The molecule has 3 rings (SSSR count). The maximum atomic E-state index is 12.1. The highest BCUT2D eigenvalue weighted by molar-refractivity contribution is 6.35. The first kappa shape index (κ1) is 23.8. The minimum atomic E-state index is -0.671. The Kier molecular flexibility index (Phi) is 8.06. The molecule has 0 aliphatic heterocycles. The Bertz CT molecular complexity index is 1150. The van der Waals surface area contributed by atoms with E-state index in [1.165, 1.54) is 12.1 Å². The van der Waals surface area contributed by atoms with Gasteiger partial charge in [-0.3, -0.25) is 25.8 Å². The van der Waals surface area contributed by atoms with Crippen molar-refractivity contribution in [1.29, 1.82) is 0 Å². The molecular formula is C20H18Cl2N6O5. The second-order valence-corrected chi connectivity index (χ2v) is 7.14. The lowest BCUT2D eigenvalue weighted by Gasteiger charge is -2.12. The number of ether oxygens (including phenoxy) is 2. The van der Waals surface area contributed by atoms with Crippen molar-refractivity contribution in [2.24, 2.45) is 0 Å². The summed E-state index contributed by atoms with van der Waals surface area (Å²) in [5.41, 5.74) is 4.79. The maximum absolute atomic E-state index is 12.1. The molecule has 11 nitrogen and oxygen atoms in total. The van der Waals surface area contributed by atoms with Crippen LogP contribution in [0.5, 0.6) is 11.5 Å². The summed E-state index contributed by atoms with van der Waals surface area (Å²) in [6, 6.07) is 11.3. The van der Waals surface area contributed by atoms with Crippen LogP contribution in [0.3, 0.4) is 0 Å². The molecule has 1 aromatic heterocycles. The van der Waals surface area contributed by atoms with Crippen LogP contribution in [0.25, 0.3) is 0 Å². The molecule has 172 valence electrons. The van der Waals surface area contributed by atoms with E-state index in [0.29, 0.717) is 23.1 Å². The quantitative estimate of drug-likeness (QED) is 0.278. The van der Waals surface area contributed by atoms with Crippen LogP contribution in [0.4, 0.5) is 23.0 Å². The number of amides is 1. The van der Waals surface area contributed by atoms with Gasteiger partial charge in [0.05, 0.1) is 16.6 Å². The van der Waals surface area contributed by atoms with Crippen LogP contribution < -0.4 is 25.6 Å². The van der Waals surface area contributed by atoms with Gasteiger partial charge in [-0.15, -0.1) is 0 Å². The van der Waals surface area contributed by atoms with Crippen LogP contribution in [0, 0.1) is 10.1 Å². The van der Waals surface area contributed by atoms with Gasteiger partial charge in [-0.1, -0.05) is 23.2 Å². The van der Waals surface area contributed by atoms with Crippen LogP contribution in [-0.2, 0) is 4.79 Å². The van der Waals surface area contributed by atoms with Crippen LogP contribution >= 0.6 is 23.2 Å². The van der Waals surface area contributed by atoms with Crippen LogP contribution in [0.2, 0.25) is 10.0 Å². The topological polar surface area (TPSA) is 141 Å². The fraction of sp³-hybridized carbons (Fsp3) is 0.150. The zero-order valence-corrected chi connectivity index (χ0v) is 18.7. The predicted molar refractivity (Wildman–Crippen MR) is 123 cm³/mol. The van der Waals surface area contributed by atoms with Crippen molar-refractivity contribution in [2.75, 3.05) is 24.0 Å². The number of anilines is 3. The Morgan fingerprint density at radius 1 is 1.09 bits per heavy atom. The van der Waals surface area contributed by atoms with Gasteiger partial charge in [0.15, 0.2) is 6.61 Å². The van der Waals surface area contributed by atoms with Gasteiger partial charge < -0.3 is 14.8 Å². The number of nitrogens with one attached hydrogen (secondary N) is 3. The Balaban J connectivity index is 1.66. The van der Waals surface area contributed by atoms with E-state index in [4.69, 9.17) is 32.7 Å². The van der Waals surface area contributed by atoms with Crippen molar-refractivity contribution in [3.63, 3.8) is 0 Å². The summed E-state index contributed by atoms with van der Waals surface area (Å²) < 4.78 is 10.7. The molecule has 0 saturated heterocycles. The van der Waals surface area contributed by atoms with Gasteiger partial charge in [0.2, 0.25) is 11.6 Å². The smallest absolute Gasteiger partial charge is 0.355 e. The van der Waals surface area contributed by atoms with Crippen molar-refractivity contribution in [3.05, 3.63) is 69.0 Å². The van der Waals surface area contributed by atoms with E-state index < -0.39 is 23.1 Å². The van der Waals surface area contributed by atoms with Crippen LogP contribution in [0.15, 0.2) is 48.8 Å². The molecule has 0 fully saturated rings. The SMILES string of the molecule is CCOc1ccc(Nc2ncnc(NNC(=O)COc3ccc(Cl)cc3Cl)c2[N+](=O)[O-])cc1. The van der Waals surface area contributed by atoms with Crippen molar-refractivity contribution < 1.29 is 19.2 Å². The standard InChI is InChI=1S/C20H18Cl2N6O5/c1-2-32-14-6-4-13(5-7-14)25-19-18(28(30)31)20(24-11-23-19)27-26-17(29)10-33-16-8-3-12(21)9-15(16)22/h3-9,11H,2,10H2,1H3,(H,26,29)(H2,23,24,25,27). The number of carbonyl (C=O) groups excluding carboxylic acids is 1. The molecular weight excluding hydrogens is 475 g/mol. The molecule has 0 spiro atoms. The minimum Gasteiger partial charge on any atom is -0.494 e. The summed E-state index contributed by atoms with van der Waals surface area (Å²) in [5, 5.41) is 15.2. The first-order chi connectivity index (χ1) is 15.9. The average Bonchev–Trinajstić information content (AvgIpc) is 2.78. The fourth-order valence-corrected chi connectivity index (χ4v) is 3.04. The number of hydrazine groups is 1. The maximum Gasteiger partial charge on any atom is 0.355 e. The van der Waals surface area contributed by atoms with Crippen molar-refractivity contribution in [1.82, 2.24) is 15.4 Å². The monoisotopic (exact) mass is 492 g/mol. The van der Waals surface area contributed by atoms with Crippen LogP contribution in [-0.4, -0.2) is 34.0 Å². The molecule has 0 aliphatic carbocycles. The lowest BCUT2D eigenvalue weighted by atomic mass is 10.3. The number of rotatable bonds is 10. The number of halogens is 2. The summed E-state index contributed by atoms with van der Waals surface area (Å²) in [5.74, 6) is -0.00477. The zero-order chi connectivity index (χ0) is 23.8. The molecule has 33 heavy (non-hydrogen) atoms. The number of benzene rings is 2. The molecule has 13 heteroatoms. The van der Waals surface area contributed by atoms with E-state index in [2.05, 4.69) is 26.1 Å². The number of hydrogen-bond donors (Lipinski definition) is 3. The van der Waals surface area contributed by atoms with E-state index in [0.717, 1.165) is 6.33 Å². The first-order valence-electron chi connectivity index (χ1n) is 9.49. The van der Waals surface area contributed by atoms with Gasteiger partial charge in [0.25, 0.3) is 5.91 Å². The lowest BCUT2D eigenvalue weighted by Crippen LogP contribution is -2.34. The molecule has 0 atom stereocenters. The van der Waals surface area contributed by atoms with E-state index in [1.54, 1.807) is 30.3 Å². The second-order valence-electron chi connectivity index (χ2n) is 6.30. The molecule has 2 aromatic carbocycles. The van der Waals surface area contributed by atoms with E-state index in [1.807, 2.05) is 6.92 Å². The number of hydrogen-bond acceptors (Lipinski definition) is 9. The predicted octanol–water partition coefficient (Wildman–Crippen LogP) is 4.36. The highest BCUT2D eigenvalue weighted by atomic mass is 35.5. The van der Waals surface area contributed by atoms with Crippen molar-refractivity contribution in [2.45, 2.75) is 6.92 Å². The van der Waals surface area contributed by atoms with Crippen molar-refractivity contribution >= 4 is 52.1 Å². The van der Waals surface area contributed by atoms with Gasteiger partial charge in [0.1, 0.15) is 17.8 Å². The third-order valence-corrected chi connectivity index (χ3v) is 4.54. The summed E-state index contributed by atoms with van der Waals surface area (Å²) >= 11 is 11.8. The Morgan fingerprint density at radius 2 is 1.82 bits per heavy atom. The fourth-order valence-electron chi connectivity index (χ4n) is 2.57. The second kappa shape index (κ2) is 11.2. The highest BCUT2D eigenvalue weighted by Crippen LogP contribution is 2.31. The number of aromatic nitrogens is 2. The molecule has 0 saturated carbocycles. The lowest BCUT2D eigenvalue weighted by molar-refractivity contribution is -0.383. The third kappa shape index (κ3) is 6.57. The van der Waals surface area contributed by atoms with E-state index in [9.17, 15) is 14.9 Å². The van der Waals surface area contributed by atoms with Gasteiger partial charge in [-0.2, -0.15) is 0 Å². The molecule has 1 heterocycles.